The van der Waals surface area contributed by atoms with Gasteiger partial charge in [0.2, 0.25) is 11.8 Å². The number of hydrogen-bond donors (Lipinski definition) is 2. The summed E-state index contributed by atoms with van der Waals surface area (Å²) < 4.78 is 0. The third-order valence-corrected chi connectivity index (χ3v) is 2.79. The highest BCUT2D eigenvalue weighted by atomic mass is 16.6. The maximum absolute atomic E-state index is 10.8. The molecular weight excluding hydrogens is 258 g/mol. The number of rotatable bonds is 5. The Morgan fingerprint density at radius 2 is 2.20 bits per heavy atom. The Morgan fingerprint density at radius 1 is 1.40 bits per heavy atom. The first-order chi connectivity index (χ1) is 9.63. The van der Waals surface area contributed by atoms with Crippen LogP contribution in [0.5, 0.6) is 0 Å². The van der Waals surface area contributed by atoms with Gasteiger partial charge < -0.3 is 10.6 Å². The fourth-order valence-corrected chi connectivity index (χ4v) is 1.75. The molecule has 20 heavy (non-hydrogen) atoms. The van der Waals surface area contributed by atoms with Crippen molar-refractivity contribution < 1.29 is 4.92 Å². The molecule has 0 fully saturated rings. The molecule has 2 aromatic rings. The molecule has 0 unspecified atom stereocenters. The summed E-state index contributed by atoms with van der Waals surface area (Å²) >= 11 is 0. The van der Waals surface area contributed by atoms with Crippen molar-refractivity contribution in [2.75, 3.05) is 17.7 Å². The summed E-state index contributed by atoms with van der Waals surface area (Å²) in [6.07, 6.45) is 2.11. The summed E-state index contributed by atoms with van der Waals surface area (Å²) in [7, 11) is 1.58. The van der Waals surface area contributed by atoms with Crippen LogP contribution in [0.4, 0.5) is 23.1 Å². The zero-order valence-corrected chi connectivity index (χ0v) is 11.3. The fourth-order valence-electron chi connectivity index (χ4n) is 1.75. The molecule has 0 saturated heterocycles. The first-order valence-corrected chi connectivity index (χ1v) is 6.19. The number of benzene rings is 1. The van der Waals surface area contributed by atoms with Gasteiger partial charge in [0, 0.05) is 12.7 Å². The van der Waals surface area contributed by atoms with Crippen molar-refractivity contribution >= 4 is 23.1 Å². The average Bonchev–Trinajstić information content (AvgIpc) is 2.47. The van der Waals surface area contributed by atoms with E-state index in [1.54, 1.807) is 7.05 Å². The van der Waals surface area contributed by atoms with E-state index >= 15 is 0 Å². The van der Waals surface area contributed by atoms with Crippen LogP contribution in [0, 0.1) is 10.1 Å². The van der Waals surface area contributed by atoms with Crippen LogP contribution in [-0.4, -0.2) is 21.9 Å². The molecule has 104 valence electrons. The minimum absolute atomic E-state index is 0.152. The maximum Gasteiger partial charge on any atom is 0.329 e. The van der Waals surface area contributed by atoms with Crippen LogP contribution in [0.2, 0.25) is 0 Å². The monoisotopic (exact) mass is 273 g/mol. The summed E-state index contributed by atoms with van der Waals surface area (Å²) in [5.74, 6) is 0.493. The molecule has 0 aliphatic carbocycles. The van der Waals surface area contributed by atoms with Gasteiger partial charge in [-0.2, -0.15) is 4.98 Å². The van der Waals surface area contributed by atoms with Crippen LogP contribution in [0.25, 0.3) is 0 Å². The molecule has 0 bridgehead atoms. The third kappa shape index (κ3) is 3.00. The van der Waals surface area contributed by atoms with Crippen LogP contribution in [0.15, 0.2) is 30.5 Å². The van der Waals surface area contributed by atoms with Crippen molar-refractivity contribution in [3.05, 3.63) is 46.1 Å². The van der Waals surface area contributed by atoms with E-state index in [0.29, 0.717) is 5.95 Å². The lowest BCUT2D eigenvalue weighted by molar-refractivity contribution is -0.384. The van der Waals surface area contributed by atoms with Crippen LogP contribution in [-0.2, 0) is 6.42 Å². The molecule has 1 heterocycles. The number of nitrogens with one attached hydrogen (secondary N) is 2. The highest BCUT2D eigenvalue weighted by molar-refractivity contribution is 5.60. The van der Waals surface area contributed by atoms with Gasteiger partial charge in [0.25, 0.3) is 0 Å². The second-order valence-corrected chi connectivity index (χ2v) is 4.11. The zero-order chi connectivity index (χ0) is 14.5. The number of anilines is 3. The van der Waals surface area contributed by atoms with Crippen LogP contribution in [0.3, 0.4) is 0 Å². The summed E-state index contributed by atoms with van der Waals surface area (Å²) in [6, 6.07) is 7.85. The van der Waals surface area contributed by atoms with Crippen molar-refractivity contribution in [3.8, 4) is 0 Å². The van der Waals surface area contributed by atoms with Gasteiger partial charge in [-0.3, -0.25) is 10.1 Å². The number of aryl methyl sites for hydroxylation is 1. The van der Waals surface area contributed by atoms with Gasteiger partial charge in [-0.25, -0.2) is 4.98 Å². The molecule has 0 saturated carbocycles. The average molecular weight is 273 g/mol. The Balaban J connectivity index is 2.27. The van der Waals surface area contributed by atoms with Crippen molar-refractivity contribution in [3.63, 3.8) is 0 Å². The molecule has 0 aliphatic rings. The second-order valence-electron chi connectivity index (χ2n) is 4.11. The van der Waals surface area contributed by atoms with Crippen LogP contribution < -0.4 is 10.6 Å². The van der Waals surface area contributed by atoms with Crippen molar-refractivity contribution in [2.24, 2.45) is 0 Å². The molecule has 0 aliphatic heterocycles. The largest absolute Gasteiger partial charge is 0.367 e. The summed E-state index contributed by atoms with van der Waals surface area (Å²) in [5, 5.41) is 16.5. The SMILES string of the molecule is CCc1cccc(Nc2ncc([N+](=O)[O-])c(NC)n2)c1. The minimum atomic E-state index is -0.521. The van der Waals surface area contributed by atoms with Crippen molar-refractivity contribution in [1.82, 2.24) is 9.97 Å². The second kappa shape index (κ2) is 5.96. The van der Waals surface area contributed by atoms with E-state index in [1.165, 1.54) is 11.8 Å². The van der Waals surface area contributed by atoms with Crippen molar-refractivity contribution in [2.45, 2.75) is 13.3 Å². The lowest BCUT2D eigenvalue weighted by atomic mass is 10.1. The number of nitrogens with zero attached hydrogens (tertiary/aromatic N) is 3. The molecule has 1 aromatic carbocycles. The molecule has 0 atom stereocenters. The number of nitro groups is 1. The number of hydrogen-bond acceptors (Lipinski definition) is 6. The fraction of sp³-hybridized carbons (Fsp3) is 0.231. The molecule has 0 amide bonds. The Kier molecular flexibility index (Phi) is 4.09. The first-order valence-electron chi connectivity index (χ1n) is 6.19. The predicted octanol–water partition coefficient (Wildman–Crippen LogP) is 2.73. The van der Waals surface area contributed by atoms with Gasteiger partial charge in [0.05, 0.1) is 4.92 Å². The van der Waals surface area contributed by atoms with Gasteiger partial charge in [0.1, 0.15) is 6.20 Å². The molecule has 2 N–H and O–H groups in total. The van der Waals surface area contributed by atoms with E-state index in [1.807, 2.05) is 24.3 Å². The minimum Gasteiger partial charge on any atom is -0.367 e. The van der Waals surface area contributed by atoms with Crippen molar-refractivity contribution in [1.29, 1.82) is 0 Å². The summed E-state index contributed by atoms with van der Waals surface area (Å²) in [6.45, 7) is 2.07. The Bertz CT molecular complexity index is 630. The molecule has 7 heteroatoms. The van der Waals surface area contributed by atoms with E-state index in [2.05, 4.69) is 27.5 Å². The standard InChI is InChI=1S/C13H15N5O2/c1-3-9-5-4-6-10(7-9)16-13-15-8-11(18(19)20)12(14-2)17-13/h4-8H,3H2,1-2H3,(H2,14,15,16,17). The molecule has 0 radical (unpaired) electrons. The van der Waals surface area contributed by atoms with E-state index < -0.39 is 4.92 Å². The quantitative estimate of drug-likeness (QED) is 0.642. The summed E-state index contributed by atoms with van der Waals surface area (Å²) in [4.78, 5) is 18.3. The predicted molar refractivity (Wildman–Crippen MR) is 77.3 cm³/mol. The molecular formula is C13H15N5O2. The van der Waals surface area contributed by atoms with Crippen LogP contribution in [0.1, 0.15) is 12.5 Å². The third-order valence-electron chi connectivity index (χ3n) is 2.79. The van der Waals surface area contributed by atoms with Gasteiger partial charge in [0.15, 0.2) is 0 Å². The number of aromatic nitrogens is 2. The van der Waals surface area contributed by atoms with E-state index in [4.69, 9.17) is 0 Å². The molecule has 1 aromatic heterocycles. The normalized spacial score (nSPS) is 10.1. The van der Waals surface area contributed by atoms with E-state index in [9.17, 15) is 10.1 Å². The lowest BCUT2D eigenvalue weighted by Crippen LogP contribution is -2.04. The first kappa shape index (κ1) is 13.7. The van der Waals surface area contributed by atoms with E-state index in [-0.39, 0.29) is 11.5 Å². The Labute approximate surface area is 116 Å². The Hall–Kier alpha value is -2.70. The Morgan fingerprint density at radius 3 is 2.85 bits per heavy atom. The maximum atomic E-state index is 10.8. The smallest absolute Gasteiger partial charge is 0.329 e. The molecule has 0 spiro atoms. The summed E-state index contributed by atoms with van der Waals surface area (Å²) in [5.41, 5.74) is 1.88. The van der Waals surface area contributed by atoms with Crippen LogP contribution >= 0.6 is 0 Å². The van der Waals surface area contributed by atoms with Gasteiger partial charge >= 0.3 is 5.69 Å². The van der Waals surface area contributed by atoms with Gasteiger partial charge in [-0.15, -0.1) is 0 Å². The highest BCUT2D eigenvalue weighted by Crippen LogP contribution is 2.23. The molecule has 2 rings (SSSR count). The van der Waals surface area contributed by atoms with Gasteiger partial charge in [-0.1, -0.05) is 19.1 Å². The lowest BCUT2D eigenvalue weighted by Gasteiger charge is -2.07. The topological polar surface area (TPSA) is 93.0 Å². The van der Waals surface area contributed by atoms with Gasteiger partial charge in [-0.05, 0) is 24.1 Å². The zero-order valence-electron chi connectivity index (χ0n) is 11.3. The van der Waals surface area contributed by atoms with E-state index in [0.717, 1.165) is 12.1 Å². The highest BCUT2D eigenvalue weighted by Gasteiger charge is 2.15. The molecule has 7 nitrogen and oxygen atoms in total.